The van der Waals surface area contributed by atoms with Crippen LogP contribution in [0.3, 0.4) is 0 Å². The fourth-order valence-electron chi connectivity index (χ4n) is 3.65. The van der Waals surface area contributed by atoms with Crippen molar-refractivity contribution in [1.29, 1.82) is 0 Å². The maximum absolute atomic E-state index is 12.6. The van der Waals surface area contributed by atoms with Crippen molar-refractivity contribution in [2.45, 2.75) is 38.6 Å². The molecular weight excluding hydrogens is 336 g/mol. The summed E-state index contributed by atoms with van der Waals surface area (Å²) in [5, 5.41) is 3.14. The molecule has 0 spiro atoms. The molecule has 2 aromatic carbocycles. The van der Waals surface area contributed by atoms with Crippen LogP contribution in [0, 0.1) is 0 Å². The number of carbonyl (C=O) groups is 1. The van der Waals surface area contributed by atoms with Crippen LogP contribution in [0.1, 0.15) is 60.1 Å². The first kappa shape index (κ1) is 19.4. The van der Waals surface area contributed by atoms with Crippen molar-refractivity contribution in [1.82, 2.24) is 10.2 Å². The molecule has 144 valence electrons. The van der Waals surface area contributed by atoms with Gasteiger partial charge in [0.15, 0.2) is 0 Å². The van der Waals surface area contributed by atoms with Crippen molar-refractivity contribution in [2.75, 3.05) is 26.7 Å². The van der Waals surface area contributed by atoms with Gasteiger partial charge in [-0.05, 0) is 67.2 Å². The Bertz CT molecular complexity index is 732. The van der Waals surface area contributed by atoms with Crippen molar-refractivity contribution in [2.24, 2.45) is 0 Å². The van der Waals surface area contributed by atoms with E-state index in [-0.39, 0.29) is 11.9 Å². The molecule has 4 nitrogen and oxygen atoms in total. The molecule has 1 heterocycles. The predicted molar refractivity (Wildman–Crippen MR) is 109 cm³/mol. The van der Waals surface area contributed by atoms with Gasteiger partial charge in [-0.2, -0.15) is 0 Å². The fraction of sp³-hybridized carbons (Fsp3) is 0.435. The number of methoxy groups -OCH3 is 1. The van der Waals surface area contributed by atoms with E-state index >= 15 is 0 Å². The average molecular weight is 367 g/mol. The Balaban J connectivity index is 1.69. The van der Waals surface area contributed by atoms with E-state index < -0.39 is 0 Å². The second-order valence-corrected chi connectivity index (χ2v) is 7.52. The summed E-state index contributed by atoms with van der Waals surface area (Å²) in [7, 11) is 1.68. The van der Waals surface area contributed by atoms with Crippen LogP contribution in [0.15, 0.2) is 48.5 Å². The summed E-state index contributed by atoms with van der Waals surface area (Å²) < 4.78 is 5.27. The second-order valence-electron chi connectivity index (χ2n) is 7.52. The largest absolute Gasteiger partial charge is 0.497 e. The zero-order valence-corrected chi connectivity index (χ0v) is 16.6. The van der Waals surface area contributed by atoms with E-state index in [1.165, 1.54) is 24.0 Å². The van der Waals surface area contributed by atoms with Gasteiger partial charge in [0.05, 0.1) is 13.2 Å². The van der Waals surface area contributed by atoms with Gasteiger partial charge in [-0.3, -0.25) is 9.69 Å². The first-order valence-electron chi connectivity index (χ1n) is 9.84. The highest BCUT2D eigenvalue weighted by molar-refractivity contribution is 5.94. The van der Waals surface area contributed by atoms with Gasteiger partial charge in [0.1, 0.15) is 5.75 Å². The highest BCUT2D eigenvalue weighted by Crippen LogP contribution is 2.26. The topological polar surface area (TPSA) is 41.6 Å². The maximum Gasteiger partial charge on any atom is 0.251 e. The molecule has 4 heteroatoms. The third-order valence-corrected chi connectivity index (χ3v) is 5.38. The standard InChI is InChI=1S/C23H30N2O2/c1-17(2)18-6-8-20(9-7-18)23(26)24-16-22(25-14-4-5-15-25)19-10-12-21(27-3)13-11-19/h6-13,17,22H,4-5,14-16H2,1-3H3,(H,24,26). The van der Waals surface area contributed by atoms with Crippen molar-refractivity contribution >= 4 is 5.91 Å². The average Bonchev–Trinajstić information content (AvgIpc) is 3.23. The molecule has 0 aliphatic carbocycles. The van der Waals surface area contributed by atoms with Crippen molar-refractivity contribution in [3.8, 4) is 5.75 Å². The Morgan fingerprint density at radius 1 is 1.00 bits per heavy atom. The number of ether oxygens (including phenoxy) is 1. The molecule has 0 bridgehead atoms. The van der Waals surface area contributed by atoms with Crippen LogP contribution in [0.25, 0.3) is 0 Å². The smallest absolute Gasteiger partial charge is 0.251 e. The Labute approximate surface area is 162 Å². The fourth-order valence-corrected chi connectivity index (χ4v) is 3.65. The summed E-state index contributed by atoms with van der Waals surface area (Å²) in [6.45, 7) is 7.08. The van der Waals surface area contributed by atoms with Crippen LogP contribution < -0.4 is 10.1 Å². The number of likely N-dealkylation sites (tertiary alicyclic amines) is 1. The number of nitrogens with zero attached hydrogens (tertiary/aromatic N) is 1. The van der Waals surface area contributed by atoms with Crippen molar-refractivity contribution in [3.05, 3.63) is 65.2 Å². The molecule has 3 rings (SSSR count). The van der Waals surface area contributed by atoms with Gasteiger partial charge in [0.25, 0.3) is 5.91 Å². The van der Waals surface area contributed by atoms with E-state index in [1.54, 1.807) is 7.11 Å². The molecular formula is C23H30N2O2. The van der Waals surface area contributed by atoms with Crippen LogP contribution in [0.4, 0.5) is 0 Å². The van der Waals surface area contributed by atoms with Crippen LogP contribution in [0.2, 0.25) is 0 Å². The van der Waals surface area contributed by atoms with Crippen molar-refractivity contribution < 1.29 is 9.53 Å². The molecule has 1 amide bonds. The molecule has 0 saturated carbocycles. The monoisotopic (exact) mass is 366 g/mol. The molecule has 2 aromatic rings. The summed E-state index contributed by atoms with van der Waals surface area (Å²) in [4.78, 5) is 15.1. The normalized spacial score (nSPS) is 15.7. The number of amides is 1. The third kappa shape index (κ3) is 4.89. The van der Waals surface area contributed by atoms with Gasteiger partial charge in [-0.1, -0.05) is 38.1 Å². The van der Waals surface area contributed by atoms with E-state index in [4.69, 9.17) is 4.74 Å². The summed E-state index contributed by atoms with van der Waals surface area (Å²) in [6.07, 6.45) is 2.44. The Kier molecular flexibility index (Phi) is 6.51. The van der Waals surface area contributed by atoms with Gasteiger partial charge in [-0.25, -0.2) is 0 Å². The van der Waals surface area contributed by atoms with Crippen LogP contribution >= 0.6 is 0 Å². The zero-order chi connectivity index (χ0) is 19.2. The van der Waals surface area contributed by atoms with Crippen LogP contribution in [-0.2, 0) is 0 Å². The number of rotatable bonds is 7. The van der Waals surface area contributed by atoms with E-state index in [0.29, 0.717) is 18.0 Å². The van der Waals surface area contributed by atoms with Crippen LogP contribution in [0.5, 0.6) is 5.75 Å². The molecule has 0 radical (unpaired) electrons. The van der Waals surface area contributed by atoms with Crippen LogP contribution in [-0.4, -0.2) is 37.6 Å². The molecule has 1 saturated heterocycles. The van der Waals surface area contributed by atoms with Gasteiger partial charge >= 0.3 is 0 Å². The molecule has 27 heavy (non-hydrogen) atoms. The quantitative estimate of drug-likeness (QED) is 0.790. The number of carbonyl (C=O) groups excluding carboxylic acids is 1. The molecule has 1 N–H and O–H groups in total. The number of hydrogen-bond donors (Lipinski definition) is 1. The van der Waals surface area contributed by atoms with E-state index in [9.17, 15) is 4.79 Å². The highest BCUT2D eigenvalue weighted by atomic mass is 16.5. The van der Waals surface area contributed by atoms with Gasteiger partial charge in [-0.15, -0.1) is 0 Å². The Hall–Kier alpha value is -2.33. The lowest BCUT2D eigenvalue weighted by Crippen LogP contribution is -2.36. The predicted octanol–water partition coefficient (Wildman–Crippen LogP) is 4.39. The number of hydrogen-bond acceptors (Lipinski definition) is 3. The van der Waals surface area contributed by atoms with Gasteiger partial charge in [0.2, 0.25) is 0 Å². The van der Waals surface area contributed by atoms with E-state index in [0.717, 1.165) is 18.8 Å². The highest BCUT2D eigenvalue weighted by Gasteiger charge is 2.24. The second kappa shape index (κ2) is 9.05. The van der Waals surface area contributed by atoms with E-state index in [2.05, 4.69) is 36.2 Å². The molecule has 1 aliphatic rings. The maximum atomic E-state index is 12.6. The third-order valence-electron chi connectivity index (χ3n) is 5.38. The SMILES string of the molecule is COc1ccc(C(CNC(=O)c2ccc(C(C)C)cc2)N2CCCC2)cc1. The number of nitrogens with one attached hydrogen (secondary N) is 1. The summed E-state index contributed by atoms with van der Waals surface area (Å²) >= 11 is 0. The van der Waals surface area contributed by atoms with E-state index in [1.807, 2.05) is 36.4 Å². The molecule has 1 aliphatic heterocycles. The number of benzene rings is 2. The minimum Gasteiger partial charge on any atom is -0.497 e. The lowest BCUT2D eigenvalue weighted by Gasteiger charge is -2.28. The Morgan fingerprint density at radius 3 is 2.15 bits per heavy atom. The first-order valence-corrected chi connectivity index (χ1v) is 9.84. The summed E-state index contributed by atoms with van der Waals surface area (Å²) in [5.74, 6) is 1.31. The lowest BCUT2D eigenvalue weighted by atomic mass is 10.0. The zero-order valence-electron chi connectivity index (χ0n) is 16.6. The molecule has 1 fully saturated rings. The Morgan fingerprint density at radius 2 is 1.59 bits per heavy atom. The van der Waals surface area contributed by atoms with Gasteiger partial charge < -0.3 is 10.1 Å². The molecule has 1 unspecified atom stereocenters. The molecule has 0 aromatic heterocycles. The minimum atomic E-state index is -0.0111. The lowest BCUT2D eigenvalue weighted by molar-refractivity contribution is 0.0938. The van der Waals surface area contributed by atoms with Gasteiger partial charge in [0, 0.05) is 12.1 Å². The molecule has 1 atom stereocenters. The summed E-state index contributed by atoms with van der Waals surface area (Å²) in [6, 6.07) is 16.3. The van der Waals surface area contributed by atoms with Crippen molar-refractivity contribution in [3.63, 3.8) is 0 Å². The summed E-state index contributed by atoms with van der Waals surface area (Å²) in [5.41, 5.74) is 3.18. The first-order chi connectivity index (χ1) is 13.1. The minimum absolute atomic E-state index is 0.0111.